The normalized spacial score (nSPS) is 11.8. The van der Waals surface area contributed by atoms with E-state index in [0.29, 0.717) is 22.3 Å². The van der Waals surface area contributed by atoms with Crippen LogP contribution in [0.1, 0.15) is 12.6 Å². The standard InChI is InChI=1S/C12H11BrF3N3/c1-2-19-6-9(11(18-19)12(14,15)16)8-5-7(17)3-4-10(8)13/h3-6H,2,17H2,1H3. The summed E-state index contributed by atoms with van der Waals surface area (Å²) in [5.41, 5.74) is 5.53. The number of aromatic nitrogens is 2. The van der Waals surface area contributed by atoms with E-state index >= 15 is 0 Å². The van der Waals surface area contributed by atoms with Gasteiger partial charge in [-0.3, -0.25) is 4.68 Å². The van der Waals surface area contributed by atoms with Crippen LogP contribution >= 0.6 is 15.9 Å². The largest absolute Gasteiger partial charge is 0.435 e. The van der Waals surface area contributed by atoms with Crippen LogP contribution < -0.4 is 5.73 Å². The van der Waals surface area contributed by atoms with Crippen LogP contribution in [0.15, 0.2) is 28.9 Å². The summed E-state index contributed by atoms with van der Waals surface area (Å²) >= 11 is 3.24. The number of rotatable bonds is 2. The first-order valence-corrected chi connectivity index (χ1v) is 6.32. The van der Waals surface area contributed by atoms with Gasteiger partial charge in [0.25, 0.3) is 0 Å². The number of aryl methyl sites for hydroxylation is 1. The molecule has 0 saturated carbocycles. The molecule has 0 amide bonds. The Morgan fingerprint density at radius 1 is 1.32 bits per heavy atom. The lowest BCUT2D eigenvalue weighted by molar-refractivity contribution is -0.141. The molecule has 0 atom stereocenters. The van der Waals surface area contributed by atoms with Crippen molar-refractivity contribution in [3.05, 3.63) is 34.6 Å². The molecule has 1 heterocycles. The molecule has 2 aromatic rings. The number of nitrogens with zero attached hydrogens (tertiary/aromatic N) is 2. The van der Waals surface area contributed by atoms with E-state index in [4.69, 9.17) is 5.73 Å². The molecule has 2 rings (SSSR count). The van der Waals surface area contributed by atoms with Crippen LogP contribution in [0, 0.1) is 0 Å². The van der Waals surface area contributed by atoms with Crippen molar-refractivity contribution < 1.29 is 13.2 Å². The average molecular weight is 334 g/mol. The van der Waals surface area contributed by atoms with E-state index in [0.717, 1.165) is 0 Å². The van der Waals surface area contributed by atoms with Crippen LogP contribution in [-0.4, -0.2) is 9.78 Å². The lowest BCUT2D eigenvalue weighted by atomic mass is 10.1. The maximum Gasteiger partial charge on any atom is 0.435 e. The summed E-state index contributed by atoms with van der Waals surface area (Å²) in [5.74, 6) is 0. The molecule has 7 heteroatoms. The molecule has 0 radical (unpaired) electrons. The molecular weight excluding hydrogens is 323 g/mol. The zero-order chi connectivity index (χ0) is 14.2. The van der Waals surface area contributed by atoms with Crippen molar-refractivity contribution in [2.45, 2.75) is 19.6 Å². The number of hydrogen-bond donors (Lipinski definition) is 1. The molecule has 19 heavy (non-hydrogen) atoms. The fourth-order valence-corrected chi connectivity index (χ4v) is 2.20. The third-order valence-electron chi connectivity index (χ3n) is 2.63. The number of benzene rings is 1. The summed E-state index contributed by atoms with van der Waals surface area (Å²) in [5, 5.41) is 3.58. The summed E-state index contributed by atoms with van der Waals surface area (Å²) < 4.78 is 40.8. The summed E-state index contributed by atoms with van der Waals surface area (Å²) in [6, 6.07) is 4.73. The van der Waals surface area contributed by atoms with Crippen molar-refractivity contribution in [2.24, 2.45) is 0 Å². The quantitative estimate of drug-likeness (QED) is 0.846. The minimum absolute atomic E-state index is 0.0218. The zero-order valence-corrected chi connectivity index (χ0v) is 11.6. The van der Waals surface area contributed by atoms with Crippen molar-refractivity contribution in [3.63, 3.8) is 0 Å². The number of halogens is 4. The third-order valence-corrected chi connectivity index (χ3v) is 3.33. The number of hydrogen-bond acceptors (Lipinski definition) is 2. The lowest BCUT2D eigenvalue weighted by Gasteiger charge is -2.08. The van der Waals surface area contributed by atoms with Gasteiger partial charge in [-0.05, 0) is 25.1 Å². The SMILES string of the molecule is CCn1cc(-c2cc(N)ccc2Br)c(C(F)(F)F)n1. The Kier molecular flexibility index (Phi) is 3.58. The second-order valence-electron chi connectivity index (χ2n) is 3.98. The molecule has 3 nitrogen and oxygen atoms in total. The van der Waals surface area contributed by atoms with Gasteiger partial charge in [-0.25, -0.2) is 0 Å². The van der Waals surface area contributed by atoms with Crippen LogP contribution in [0.3, 0.4) is 0 Å². The van der Waals surface area contributed by atoms with E-state index in [1.807, 2.05) is 0 Å². The van der Waals surface area contributed by atoms with Gasteiger partial charge in [-0.2, -0.15) is 18.3 Å². The van der Waals surface area contributed by atoms with Gasteiger partial charge in [0.05, 0.1) is 0 Å². The summed E-state index contributed by atoms with van der Waals surface area (Å²) in [6.45, 7) is 2.09. The Bertz CT molecular complexity index is 605. The Balaban J connectivity index is 2.67. The molecular formula is C12H11BrF3N3. The van der Waals surface area contributed by atoms with Crippen molar-refractivity contribution in [2.75, 3.05) is 5.73 Å². The Morgan fingerprint density at radius 3 is 2.58 bits per heavy atom. The van der Waals surface area contributed by atoms with Crippen molar-refractivity contribution in [3.8, 4) is 11.1 Å². The zero-order valence-electron chi connectivity index (χ0n) is 10.0. The van der Waals surface area contributed by atoms with Crippen LogP contribution in [0.2, 0.25) is 0 Å². The Labute approximate surface area is 116 Å². The summed E-state index contributed by atoms with van der Waals surface area (Å²) in [7, 11) is 0. The highest BCUT2D eigenvalue weighted by Gasteiger charge is 2.37. The predicted octanol–water partition coefficient (Wildman–Crippen LogP) is 3.93. The van der Waals surface area contributed by atoms with Crippen LogP contribution in [0.4, 0.5) is 18.9 Å². The molecule has 0 fully saturated rings. The second-order valence-corrected chi connectivity index (χ2v) is 4.84. The summed E-state index contributed by atoms with van der Waals surface area (Å²) in [4.78, 5) is 0. The van der Waals surface area contributed by atoms with Gasteiger partial charge in [-0.15, -0.1) is 0 Å². The van der Waals surface area contributed by atoms with E-state index in [-0.39, 0.29) is 5.56 Å². The van der Waals surface area contributed by atoms with E-state index in [2.05, 4.69) is 21.0 Å². The number of anilines is 1. The molecule has 1 aromatic carbocycles. The first kappa shape index (κ1) is 13.9. The highest BCUT2D eigenvalue weighted by atomic mass is 79.9. The fourth-order valence-electron chi connectivity index (χ4n) is 1.74. The lowest BCUT2D eigenvalue weighted by Crippen LogP contribution is -2.09. The van der Waals surface area contributed by atoms with Gasteiger partial charge < -0.3 is 5.73 Å². The molecule has 0 spiro atoms. The second kappa shape index (κ2) is 4.88. The fraction of sp³-hybridized carbons (Fsp3) is 0.250. The van der Waals surface area contributed by atoms with E-state index in [9.17, 15) is 13.2 Å². The highest BCUT2D eigenvalue weighted by molar-refractivity contribution is 9.10. The van der Waals surface area contributed by atoms with Crippen molar-refractivity contribution in [1.82, 2.24) is 9.78 Å². The molecule has 102 valence electrons. The van der Waals surface area contributed by atoms with Gasteiger partial charge in [-0.1, -0.05) is 15.9 Å². The highest BCUT2D eigenvalue weighted by Crippen LogP contribution is 2.39. The summed E-state index contributed by atoms with van der Waals surface area (Å²) in [6.07, 6.45) is -3.12. The van der Waals surface area contributed by atoms with Gasteiger partial charge in [0.2, 0.25) is 0 Å². The van der Waals surface area contributed by atoms with E-state index in [1.54, 1.807) is 19.1 Å². The number of alkyl halides is 3. The van der Waals surface area contributed by atoms with Gasteiger partial charge in [0.15, 0.2) is 5.69 Å². The van der Waals surface area contributed by atoms with Crippen molar-refractivity contribution >= 4 is 21.6 Å². The Hall–Kier alpha value is -1.50. The molecule has 0 bridgehead atoms. The minimum atomic E-state index is -4.50. The molecule has 2 N–H and O–H groups in total. The molecule has 0 unspecified atom stereocenters. The first-order chi connectivity index (χ1) is 8.82. The Morgan fingerprint density at radius 2 is 2.00 bits per heavy atom. The van der Waals surface area contributed by atoms with Crippen LogP contribution in [-0.2, 0) is 12.7 Å². The smallest absolute Gasteiger partial charge is 0.399 e. The van der Waals surface area contributed by atoms with E-state index in [1.165, 1.54) is 16.9 Å². The minimum Gasteiger partial charge on any atom is -0.399 e. The molecule has 1 aromatic heterocycles. The topological polar surface area (TPSA) is 43.8 Å². The molecule has 0 saturated heterocycles. The number of nitrogen functional groups attached to an aromatic ring is 1. The first-order valence-electron chi connectivity index (χ1n) is 5.53. The third kappa shape index (κ3) is 2.75. The molecule has 0 aliphatic rings. The van der Waals surface area contributed by atoms with Gasteiger partial charge in [0, 0.05) is 34.0 Å². The van der Waals surface area contributed by atoms with Gasteiger partial charge in [0.1, 0.15) is 0 Å². The van der Waals surface area contributed by atoms with E-state index < -0.39 is 11.9 Å². The maximum atomic E-state index is 13.0. The van der Waals surface area contributed by atoms with Crippen LogP contribution in [0.5, 0.6) is 0 Å². The van der Waals surface area contributed by atoms with Gasteiger partial charge >= 0.3 is 6.18 Å². The average Bonchev–Trinajstić information content (AvgIpc) is 2.76. The van der Waals surface area contributed by atoms with Crippen LogP contribution in [0.25, 0.3) is 11.1 Å². The van der Waals surface area contributed by atoms with Crippen molar-refractivity contribution in [1.29, 1.82) is 0 Å². The molecule has 0 aliphatic heterocycles. The molecule has 0 aliphatic carbocycles. The maximum absolute atomic E-state index is 13.0. The number of nitrogens with two attached hydrogens (primary N) is 1. The predicted molar refractivity (Wildman–Crippen MR) is 70.5 cm³/mol. The monoisotopic (exact) mass is 333 g/mol.